The van der Waals surface area contributed by atoms with Crippen LogP contribution >= 0.6 is 11.3 Å². The van der Waals surface area contributed by atoms with E-state index in [9.17, 15) is 0 Å². The number of nitrogens with zero attached hydrogens (tertiary/aromatic N) is 3. The number of thiophene rings is 1. The molecule has 8 aromatic rings. The molecule has 0 saturated heterocycles. The fourth-order valence-electron chi connectivity index (χ4n) is 4.59. The van der Waals surface area contributed by atoms with Crippen molar-refractivity contribution in [3.05, 3.63) is 176 Å². The predicted octanol–water partition coefficient (Wildman–Crippen LogP) is 10.3. The molecule has 8 rings (SSSR count). The van der Waals surface area contributed by atoms with Crippen molar-refractivity contribution in [1.82, 2.24) is 15.0 Å². The minimum Gasteiger partial charge on any atom is -0.305 e. The molecule has 0 amide bonds. The maximum Gasteiger partial charge on any atom is 3.00 e. The van der Waals surface area contributed by atoms with E-state index in [4.69, 9.17) is 0 Å². The van der Waals surface area contributed by atoms with Crippen LogP contribution in [0.5, 0.6) is 0 Å². The quantitative estimate of drug-likeness (QED) is 0.168. The molecule has 0 fully saturated rings. The summed E-state index contributed by atoms with van der Waals surface area (Å²) >= 11 is 1.83. The molecule has 4 heterocycles. The summed E-state index contributed by atoms with van der Waals surface area (Å²) in [5.41, 5.74) is 7.24. The molecule has 45 heavy (non-hydrogen) atoms. The van der Waals surface area contributed by atoms with E-state index < -0.39 is 0 Å². The molecule has 0 saturated carbocycles. The van der Waals surface area contributed by atoms with E-state index in [1.54, 1.807) is 12.4 Å². The fraction of sp³-hybridized carbons (Fsp3) is 0.0250. The molecule has 5 heteroatoms. The second-order valence-corrected chi connectivity index (χ2v) is 11.0. The maximum atomic E-state index is 4.48. The molecule has 0 aliphatic heterocycles. The van der Waals surface area contributed by atoms with Gasteiger partial charge in [0, 0.05) is 23.3 Å². The molecule has 4 aromatic heterocycles. The minimum atomic E-state index is 0. The summed E-state index contributed by atoms with van der Waals surface area (Å²) in [6, 6.07) is 53.9. The van der Waals surface area contributed by atoms with Crippen molar-refractivity contribution in [3.63, 3.8) is 0 Å². The average molecular weight is 775 g/mol. The van der Waals surface area contributed by atoms with Crippen molar-refractivity contribution < 1.29 is 20.1 Å². The zero-order chi connectivity index (χ0) is 30.0. The van der Waals surface area contributed by atoms with Gasteiger partial charge in [0.2, 0.25) is 0 Å². The van der Waals surface area contributed by atoms with Gasteiger partial charge >= 0.3 is 20.1 Å². The van der Waals surface area contributed by atoms with Crippen LogP contribution in [-0.2, 0) is 20.1 Å². The molecule has 0 bridgehead atoms. The van der Waals surface area contributed by atoms with E-state index in [2.05, 4.69) is 88.6 Å². The molecule has 0 radical (unpaired) electrons. The molecule has 3 nitrogen and oxygen atoms in total. The van der Waals surface area contributed by atoms with Crippen molar-refractivity contribution in [3.8, 4) is 33.8 Å². The van der Waals surface area contributed by atoms with Crippen LogP contribution in [0.3, 0.4) is 0 Å². The molecule has 0 aliphatic carbocycles. The Hall–Kier alpha value is -4.80. The van der Waals surface area contributed by atoms with Gasteiger partial charge in [0.1, 0.15) is 0 Å². The number of rotatable bonds is 3. The number of fused-ring (bicyclic) bond motifs is 3. The summed E-state index contributed by atoms with van der Waals surface area (Å²) < 4.78 is 2.62. The molecule has 4 aromatic carbocycles. The number of benzene rings is 4. The van der Waals surface area contributed by atoms with Crippen molar-refractivity contribution >= 4 is 31.5 Å². The Kier molecular flexibility index (Phi) is 11.1. The summed E-state index contributed by atoms with van der Waals surface area (Å²) in [4.78, 5) is 12.9. The van der Waals surface area contributed by atoms with Gasteiger partial charge < -0.3 is 15.0 Å². The van der Waals surface area contributed by atoms with E-state index in [1.807, 2.05) is 102 Å². The standard InChI is InChI=1S/C18H12NS.2C11H8N.Ir/c1-12-6-9-16(19-11-12)13-7-8-15-14-4-2-3-5-17(14)20-18(15)10-13;2*1-2-6-10(7-3-1)11-8-4-5-9-12-11;/h2-6,8-11H,1H3;2*1-6,8-9H;/q3*-1;+3. The molecule has 0 atom stereocenters. The Morgan fingerprint density at radius 2 is 1.11 bits per heavy atom. The van der Waals surface area contributed by atoms with Gasteiger partial charge in [-0.3, -0.25) is 0 Å². The van der Waals surface area contributed by atoms with Gasteiger partial charge in [0.05, 0.1) is 0 Å². The second kappa shape index (κ2) is 15.8. The van der Waals surface area contributed by atoms with Crippen LogP contribution in [0.25, 0.3) is 53.9 Å². The summed E-state index contributed by atoms with van der Waals surface area (Å²) in [5.74, 6) is 0. The first-order valence-corrected chi connectivity index (χ1v) is 15.1. The van der Waals surface area contributed by atoms with Crippen LogP contribution in [-0.4, -0.2) is 15.0 Å². The smallest absolute Gasteiger partial charge is 0.305 e. The molecule has 0 N–H and O–H groups in total. The van der Waals surface area contributed by atoms with Crippen LogP contribution in [0, 0.1) is 25.1 Å². The summed E-state index contributed by atoms with van der Waals surface area (Å²) in [6.07, 6.45) is 5.48. The van der Waals surface area contributed by atoms with E-state index in [0.717, 1.165) is 33.8 Å². The number of aryl methyl sites for hydroxylation is 1. The monoisotopic (exact) mass is 775 g/mol. The third-order valence-electron chi connectivity index (χ3n) is 6.80. The minimum absolute atomic E-state index is 0. The first-order chi connectivity index (χ1) is 21.7. The molecule has 0 aliphatic rings. The van der Waals surface area contributed by atoms with E-state index >= 15 is 0 Å². The summed E-state index contributed by atoms with van der Waals surface area (Å²) in [6.45, 7) is 2.05. The van der Waals surface area contributed by atoms with Crippen molar-refractivity contribution in [2.75, 3.05) is 0 Å². The van der Waals surface area contributed by atoms with Crippen molar-refractivity contribution in [2.24, 2.45) is 0 Å². The fourth-order valence-corrected chi connectivity index (χ4v) is 5.71. The second-order valence-electron chi connectivity index (χ2n) is 9.93. The van der Waals surface area contributed by atoms with Crippen LogP contribution in [0.4, 0.5) is 0 Å². The molecule has 0 unspecified atom stereocenters. The topological polar surface area (TPSA) is 38.7 Å². The van der Waals surface area contributed by atoms with Crippen LogP contribution in [0.1, 0.15) is 5.56 Å². The van der Waals surface area contributed by atoms with E-state index in [-0.39, 0.29) is 20.1 Å². The third kappa shape index (κ3) is 8.23. The van der Waals surface area contributed by atoms with Gasteiger partial charge in [-0.2, -0.15) is 11.3 Å². The maximum absolute atomic E-state index is 4.48. The first-order valence-electron chi connectivity index (χ1n) is 14.3. The van der Waals surface area contributed by atoms with E-state index in [0.29, 0.717) is 0 Å². The van der Waals surface area contributed by atoms with Gasteiger partial charge in [-0.25, -0.2) is 0 Å². The van der Waals surface area contributed by atoms with E-state index in [1.165, 1.54) is 25.7 Å². The van der Waals surface area contributed by atoms with Gasteiger partial charge in [0.25, 0.3) is 0 Å². The number of pyridine rings is 3. The Morgan fingerprint density at radius 3 is 1.67 bits per heavy atom. The van der Waals surface area contributed by atoms with Crippen molar-refractivity contribution in [2.45, 2.75) is 6.92 Å². The van der Waals surface area contributed by atoms with Crippen molar-refractivity contribution in [1.29, 1.82) is 0 Å². The van der Waals surface area contributed by atoms with Gasteiger partial charge in [-0.05, 0) is 57.9 Å². The predicted molar refractivity (Wildman–Crippen MR) is 183 cm³/mol. The summed E-state index contributed by atoms with van der Waals surface area (Å²) in [5, 5.41) is 2.59. The molecular formula is C40H28IrN3S. The normalized spacial score (nSPS) is 10.2. The average Bonchev–Trinajstić information content (AvgIpc) is 3.49. The van der Waals surface area contributed by atoms with Crippen LogP contribution in [0.15, 0.2) is 152 Å². The first kappa shape index (κ1) is 31.6. The SMILES string of the molecule is Cc1ccc(-c2[c-]cc3c(c2)sc2ccccc23)nc1.[Ir+3].[c-]1ccccc1-c1ccccn1.[c-]1ccccc1-c1ccccn1. The zero-order valence-electron chi connectivity index (χ0n) is 24.5. The van der Waals surface area contributed by atoms with Gasteiger partial charge in [-0.15, -0.1) is 95.6 Å². The largest absolute Gasteiger partial charge is 3.00 e. The van der Waals surface area contributed by atoms with Gasteiger partial charge in [-0.1, -0.05) is 60.0 Å². The molecular weight excluding hydrogens is 747 g/mol. The van der Waals surface area contributed by atoms with Gasteiger partial charge in [0.15, 0.2) is 0 Å². The van der Waals surface area contributed by atoms with Crippen LogP contribution < -0.4 is 0 Å². The Morgan fingerprint density at radius 1 is 0.511 bits per heavy atom. The summed E-state index contributed by atoms with van der Waals surface area (Å²) in [7, 11) is 0. The third-order valence-corrected chi connectivity index (χ3v) is 7.93. The zero-order valence-corrected chi connectivity index (χ0v) is 27.7. The Labute approximate surface area is 281 Å². The Balaban J connectivity index is 0.000000139. The number of aromatic nitrogens is 3. The number of hydrogen-bond acceptors (Lipinski definition) is 4. The number of hydrogen-bond donors (Lipinski definition) is 0. The Bertz CT molecular complexity index is 1900. The van der Waals surface area contributed by atoms with Crippen LogP contribution in [0.2, 0.25) is 0 Å². The molecule has 0 spiro atoms. The molecule has 218 valence electrons.